The number of nitrogens with zero attached hydrogens (tertiary/aromatic N) is 7. The molecule has 0 radical (unpaired) electrons. The van der Waals surface area contributed by atoms with Crippen LogP contribution in [0.25, 0.3) is 16.8 Å². The van der Waals surface area contributed by atoms with Crippen molar-refractivity contribution in [3.05, 3.63) is 53.6 Å². The molecule has 2 fully saturated rings. The summed E-state index contributed by atoms with van der Waals surface area (Å²) in [6.07, 6.45) is 7.83. The Morgan fingerprint density at radius 3 is 2.50 bits per heavy atom. The van der Waals surface area contributed by atoms with Crippen molar-refractivity contribution in [1.29, 1.82) is 0 Å². The normalized spacial score (nSPS) is 21.3. The van der Waals surface area contributed by atoms with Gasteiger partial charge in [0.2, 0.25) is 5.82 Å². The molecule has 4 aromatic rings. The lowest BCUT2D eigenvalue weighted by Crippen LogP contribution is -2.46. The van der Waals surface area contributed by atoms with Crippen LogP contribution in [0.1, 0.15) is 97.3 Å². The fourth-order valence-electron chi connectivity index (χ4n) is 6.38. The second-order valence-corrected chi connectivity index (χ2v) is 11.3. The zero-order valence-electron chi connectivity index (χ0n) is 22.8. The van der Waals surface area contributed by atoms with Crippen molar-refractivity contribution in [2.45, 2.75) is 77.0 Å². The molecule has 6 rings (SSSR count). The number of nitrogens with two attached hydrogens (primary N) is 1. The van der Waals surface area contributed by atoms with Crippen LogP contribution in [0.5, 0.6) is 0 Å². The van der Waals surface area contributed by atoms with Crippen LogP contribution >= 0.6 is 0 Å². The highest BCUT2D eigenvalue weighted by Crippen LogP contribution is 2.45. The fraction of sp³-hybridized carbons (Fsp3) is 0.464. The highest BCUT2D eigenvalue weighted by molar-refractivity contribution is 6.00. The number of rotatable bonds is 7. The van der Waals surface area contributed by atoms with Crippen LogP contribution < -0.4 is 5.73 Å². The third kappa shape index (κ3) is 4.41. The summed E-state index contributed by atoms with van der Waals surface area (Å²) >= 11 is 0. The number of carbonyl (C=O) groups is 2. The summed E-state index contributed by atoms with van der Waals surface area (Å²) in [5.41, 5.74) is 10.3. The highest BCUT2D eigenvalue weighted by Gasteiger charge is 2.45. The van der Waals surface area contributed by atoms with E-state index < -0.39 is 6.10 Å². The van der Waals surface area contributed by atoms with E-state index in [1.165, 1.54) is 17.8 Å². The molecule has 2 unspecified atom stereocenters. The second-order valence-electron chi connectivity index (χ2n) is 11.3. The number of Topliss-reactive ketones (excluding diaryl/α,β-unsaturated/α-hetero) is 1. The van der Waals surface area contributed by atoms with E-state index in [0.717, 1.165) is 24.0 Å². The van der Waals surface area contributed by atoms with Gasteiger partial charge < -0.3 is 15.7 Å². The number of aromatic nitrogens is 7. The molecular weight excluding hydrogens is 510 g/mol. The number of aromatic amines is 1. The summed E-state index contributed by atoms with van der Waals surface area (Å²) in [6, 6.07) is 3.74. The summed E-state index contributed by atoms with van der Waals surface area (Å²) < 4.78 is 1.51. The summed E-state index contributed by atoms with van der Waals surface area (Å²) in [5.74, 6) is 0.478. The van der Waals surface area contributed by atoms with Crippen LogP contribution in [-0.2, 0) is 0 Å². The zero-order chi connectivity index (χ0) is 28.1. The predicted octanol–water partition coefficient (Wildman–Crippen LogP) is 3.32. The molecule has 40 heavy (non-hydrogen) atoms. The van der Waals surface area contributed by atoms with Crippen LogP contribution in [0, 0.1) is 5.92 Å². The Bertz CT molecular complexity index is 1550. The Hall–Kier alpha value is -4.19. The second kappa shape index (κ2) is 10.1. The molecule has 4 atom stereocenters. The number of fused-ring (bicyclic) bond motifs is 3. The maximum absolute atomic E-state index is 13.1. The lowest BCUT2D eigenvalue weighted by atomic mass is 9.85. The van der Waals surface area contributed by atoms with E-state index in [1.807, 2.05) is 17.0 Å². The van der Waals surface area contributed by atoms with Gasteiger partial charge in [-0.05, 0) is 51.0 Å². The van der Waals surface area contributed by atoms with Crippen molar-refractivity contribution in [3.63, 3.8) is 0 Å². The van der Waals surface area contributed by atoms with Crippen molar-refractivity contribution in [1.82, 2.24) is 39.7 Å². The van der Waals surface area contributed by atoms with Crippen LogP contribution in [0.4, 0.5) is 5.82 Å². The van der Waals surface area contributed by atoms with Gasteiger partial charge in [0.15, 0.2) is 11.4 Å². The summed E-state index contributed by atoms with van der Waals surface area (Å²) in [6.45, 7) is 5.61. The summed E-state index contributed by atoms with van der Waals surface area (Å²) in [5, 5.41) is 21.4. The number of ketones is 1. The zero-order valence-corrected chi connectivity index (χ0v) is 22.8. The first kappa shape index (κ1) is 26.1. The first-order chi connectivity index (χ1) is 19.2. The number of anilines is 1. The molecule has 0 aliphatic carbocycles. The number of aliphatic hydroxyl groups is 1. The quantitative estimate of drug-likeness (QED) is 0.296. The molecule has 12 heteroatoms. The van der Waals surface area contributed by atoms with Gasteiger partial charge >= 0.3 is 0 Å². The van der Waals surface area contributed by atoms with Gasteiger partial charge in [-0.2, -0.15) is 14.7 Å². The fourth-order valence-corrected chi connectivity index (χ4v) is 6.38. The van der Waals surface area contributed by atoms with E-state index in [0.29, 0.717) is 47.8 Å². The topological polar surface area (TPSA) is 168 Å². The molecule has 208 valence electrons. The number of hydrogen-bond donors (Lipinski definition) is 3. The average molecular weight is 544 g/mol. The van der Waals surface area contributed by atoms with Gasteiger partial charge in [-0.1, -0.05) is 19.9 Å². The first-order valence-corrected chi connectivity index (χ1v) is 13.7. The molecular formula is C28H33N9O3. The van der Waals surface area contributed by atoms with Crippen molar-refractivity contribution < 1.29 is 14.7 Å². The number of hydrogen-bond acceptors (Lipinski definition) is 9. The van der Waals surface area contributed by atoms with Crippen molar-refractivity contribution in [3.8, 4) is 11.1 Å². The van der Waals surface area contributed by atoms with E-state index in [4.69, 9.17) is 10.7 Å². The Labute approximate surface area is 231 Å². The number of amides is 1. The maximum Gasteiger partial charge on any atom is 0.291 e. The number of carbonyl (C=O) groups excluding carboxylic acids is 2. The molecule has 2 bridgehead atoms. The Morgan fingerprint density at radius 2 is 1.90 bits per heavy atom. The number of H-pyrrole nitrogens is 1. The number of nitrogen functional groups attached to an aromatic ring is 1. The van der Waals surface area contributed by atoms with Gasteiger partial charge in [0.1, 0.15) is 12.1 Å². The van der Waals surface area contributed by atoms with Crippen molar-refractivity contribution in [2.24, 2.45) is 5.92 Å². The van der Waals surface area contributed by atoms with Crippen LogP contribution in [-0.4, -0.2) is 68.5 Å². The maximum atomic E-state index is 13.1. The highest BCUT2D eigenvalue weighted by atomic mass is 16.3. The van der Waals surface area contributed by atoms with Gasteiger partial charge in [-0.15, -0.1) is 0 Å². The van der Waals surface area contributed by atoms with E-state index >= 15 is 0 Å². The van der Waals surface area contributed by atoms with Gasteiger partial charge in [-0.3, -0.25) is 19.7 Å². The first-order valence-electron chi connectivity index (χ1n) is 13.7. The van der Waals surface area contributed by atoms with Crippen molar-refractivity contribution in [2.75, 3.05) is 5.73 Å². The standard InChI is InChI=1S/C28H33N9O3/c1-14(2)8-22(39)21-7-4-16(11-30-21)20-12-33-37-25(29)23(15(3)38)24(34-27(20)37)17-9-18-5-6-19(10-17)36(18)28(40)26-31-13-32-35-26/h4,7,11-14,17-19,22,39H,5-6,8-10,29H2,1-3H3,(H,31,32,35)/t17?,18-,19+,22?. The van der Waals surface area contributed by atoms with E-state index in [9.17, 15) is 14.7 Å². The average Bonchev–Trinajstić information content (AvgIpc) is 3.66. The number of piperidine rings is 1. The molecule has 12 nitrogen and oxygen atoms in total. The Balaban J connectivity index is 1.35. The van der Waals surface area contributed by atoms with Gasteiger partial charge in [0.25, 0.3) is 5.91 Å². The number of nitrogens with one attached hydrogen (secondary N) is 1. The third-order valence-corrected chi connectivity index (χ3v) is 8.17. The lowest BCUT2D eigenvalue weighted by Gasteiger charge is -2.38. The lowest BCUT2D eigenvalue weighted by molar-refractivity contribution is 0.0556. The molecule has 2 aliphatic rings. The summed E-state index contributed by atoms with van der Waals surface area (Å²) in [7, 11) is 0. The minimum Gasteiger partial charge on any atom is -0.387 e. The molecule has 4 aromatic heterocycles. The van der Waals surface area contributed by atoms with Crippen LogP contribution in [0.3, 0.4) is 0 Å². The van der Waals surface area contributed by atoms with Crippen molar-refractivity contribution >= 4 is 23.2 Å². The Kier molecular flexibility index (Phi) is 6.57. The largest absolute Gasteiger partial charge is 0.387 e. The Morgan fingerprint density at radius 1 is 1.15 bits per heavy atom. The van der Waals surface area contributed by atoms with Gasteiger partial charge in [-0.25, -0.2) is 9.97 Å². The van der Waals surface area contributed by atoms with Gasteiger partial charge in [0, 0.05) is 35.3 Å². The molecule has 0 aromatic carbocycles. The molecule has 2 saturated heterocycles. The molecule has 6 heterocycles. The number of pyridine rings is 1. The van der Waals surface area contributed by atoms with E-state index in [1.54, 1.807) is 12.4 Å². The van der Waals surface area contributed by atoms with Crippen LogP contribution in [0.2, 0.25) is 0 Å². The summed E-state index contributed by atoms with van der Waals surface area (Å²) in [4.78, 5) is 41.5. The SMILES string of the molecule is CC(=O)c1c(C2C[C@H]3CC[C@@H](C2)N3C(=O)c2ncn[nH]2)nc2c(-c3ccc(C(O)CC(C)C)nc3)cnn2c1N. The molecule has 1 amide bonds. The molecule has 4 N–H and O–H groups in total. The molecule has 0 spiro atoms. The monoisotopic (exact) mass is 543 g/mol. The number of aliphatic hydroxyl groups excluding tert-OH is 1. The van der Waals surface area contributed by atoms with Crippen LogP contribution in [0.15, 0.2) is 30.9 Å². The van der Waals surface area contributed by atoms with E-state index in [2.05, 4.69) is 39.1 Å². The smallest absolute Gasteiger partial charge is 0.291 e. The minimum absolute atomic E-state index is 0.0128. The van der Waals surface area contributed by atoms with Gasteiger partial charge in [0.05, 0.1) is 29.3 Å². The molecule has 0 saturated carbocycles. The third-order valence-electron chi connectivity index (χ3n) is 8.17. The minimum atomic E-state index is -0.631. The van der Waals surface area contributed by atoms with E-state index in [-0.39, 0.29) is 41.3 Å². The predicted molar refractivity (Wildman–Crippen MR) is 146 cm³/mol. The molecule has 2 aliphatic heterocycles.